The van der Waals surface area contributed by atoms with Crippen molar-refractivity contribution < 1.29 is 18.8 Å². The second kappa shape index (κ2) is 5.93. The number of anilines is 1. The maximum Gasteiger partial charge on any atom is 0.275 e. The third-order valence-electron chi connectivity index (χ3n) is 4.04. The molecule has 1 aromatic carbocycles. The van der Waals surface area contributed by atoms with Crippen molar-refractivity contribution in [1.29, 1.82) is 0 Å². The summed E-state index contributed by atoms with van der Waals surface area (Å²) in [6.07, 6.45) is 2.86. The van der Waals surface area contributed by atoms with E-state index in [1.807, 2.05) is 0 Å². The van der Waals surface area contributed by atoms with Crippen LogP contribution in [0.2, 0.25) is 0 Å². The first-order chi connectivity index (χ1) is 9.81. The van der Waals surface area contributed by atoms with Gasteiger partial charge in [0.05, 0.1) is 22.7 Å². The van der Waals surface area contributed by atoms with Crippen LogP contribution in [0.25, 0.3) is 0 Å². The number of nitrogens with one attached hydrogen (secondary N) is 1. The molecule has 0 aromatic heterocycles. The molecule has 0 aliphatic heterocycles. The minimum Gasteiger partial charge on any atom is -0.388 e. The highest BCUT2D eigenvalue weighted by Crippen LogP contribution is 2.33. The Morgan fingerprint density at radius 2 is 1.90 bits per heavy atom. The Bertz CT molecular complexity index is 520. The largest absolute Gasteiger partial charge is 0.388 e. The number of halogens is 2. The summed E-state index contributed by atoms with van der Waals surface area (Å²) in [4.78, 5) is 9.66. The standard InChI is InChI=1S/C14H18F2N2O3/c1-9-2-4-14(19,5-3-9)8-17-13-11(15)6-10(18(20)21)7-12(13)16/h6-7,9,17,19H,2-5,8H2,1H3. The molecular formula is C14H18F2N2O3. The maximum atomic E-state index is 13.7. The number of non-ortho nitro benzene ring substituents is 1. The van der Waals surface area contributed by atoms with E-state index in [0.29, 0.717) is 30.9 Å². The number of nitro groups is 1. The lowest BCUT2D eigenvalue weighted by atomic mass is 9.79. The molecule has 0 atom stereocenters. The van der Waals surface area contributed by atoms with E-state index in [0.717, 1.165) is 12.8 Å². The highest BCUT2D eigenvalue weighted by atomic mass is 19.1. The van der Waals surface area contributed by atoms with Gasteiger partial charge in [-0.15, -0.1) is 0 Å². The van der Waals surface area contributed by atoms with Gasteiger partial charge in [0.25, 0.3) is 5.69 Å². The van der Waals surface area contributed by atoms with E-state index >= 15 is 0 Å². The molecule has 2 N–H and O–H groups in total. The summed E-state index contributed by atoms with van der Waals surface area (Å²) in [5.41, 5.74) is -2.07. The van der Waals surface area contributed by atoms with Gasteiger partial charge in [0, 0.05) is 6.54 Å². The smallest absolute Gasteiger partial charge is 0.275 e. The van der Waals surface area contributed by atoms with Crippen LogP contribution in [-0.4, -0.2) is 22.2 Å². The van der Waals surface area contributed by atoms with Gasteiger partial charge in [0.1, 0.15) is 5.69 Å². The predicted octanol–water partition coefficient (Wildman–Crippen LogP) is 3.23. The first-order valence-electron chi connectivity index (χ1n) is 6.90. The lowest BCUT2D eigenvalue weighted by Crippen LogP contribution is -2.40. The van der Waals surface area contributed by atoms with Gasteiger partial charge in [-0.05, 0) is 31.6 Å². The average Bonchev–Trinajstić information content (AvgIpc) is 2.41. The Morgan fingerprint density at radius 3 is 2.38 bits per heavy atom. The van der Waals surface area contributed by atoms with Crippen LogP contribution in [0.3, 0.4) is 0 Å². The molecule has 0 saturated heterocycles. The van der Waals surface area contributed by atoms with Crippen LogP contribution in [0.4, 0.5) is 20.2 Å². The van der Waals surface area contributed by atoms with Crippen molar-refractivity contribution in [1.82, 2.24) is 0 Å². The van der Waals surface area contributed by atoms with Crippen molar-refractivity contribution in [3.63, 3.8) is 0 Å². The predicted molar refractivity (Wildman–Crippen MR) is 74.1 cm³/mol. The molecule has 0 radical (unpaired) electrons. The summed E-state index contributed by atoms with van der Waals surface area (Å²) in [6, 6.07) is 1.33. The third kappa shape index (κ3) is 3.66. The van der Waals surface area contributed by atoms with Crippen molar-refractivity contribution in [3.8, 4) is 0 Å². The topological polar surface area (TPSA) is 75.4 Å². The Morgan fingerprint density at radius 1 is 1.38 bits per heavy atom. The zero-order valence-electron chi connectivity index (χ0n) is 11.7. The summed E-state index contributed by atoms with van der Waals surface area (Å²) >= 11 is 0. The van der Waals surface area contributed by atoms with Gasteiger partial charge in [0.15, 0.2) is 11.6 Å². The van der Waals surface area contributed by atoms with Crippen LogP contribution in [0.5, 0.6) is 0 Å². The molecule has 1 fully saturated rings. The zero-order valence-corrected chi connectivity index (χ0v) is 11.7. The SMILES string of the molecule is CC1CCC(O)(CNc2c(F)cc([N+](=O)[O-])cc2F)CC1. The van der Waals surface area contributed by atoms with Gasteiger partial charge >= 0.3 is 0 Å². The monoisotopic (exact) mass is 300 g/mol. The van der Waals surface area contributed by atoms with Crippen LogP contribution < -0.4 is 5.32 Å². The molecular weight excluding hydrogens is 282 g/mol. The molecule has 0 spiro atoms. The lowest BCUT2D eigenvalue weighted by molar-refractivity contribution is -0.385. The van der Waals surface area contributed by atoms with Crippen molar-refractivity contribution >= 4 is 11.4 Å². The van der Waals surface area contributed by atoms with E-state index in [-0.39, 0.29) is 6.54 Å². The number of nitrogens with zero attached hydrogens (tertiary/aromatic N) is 1. The maximum absolute atomic E-state index is 13.7. The van der Waals surface area contributed by atoms with Gasteiger partial charge < -0.3 is 10.4 Å². The quantitative estimate of drug-likeness (QED) is 0.661. The van der Waals surface area contributed by atoms with Crippen molar-refractivity contribution in [3.05, 3.63) is 33.9 Å². The summed E-state index contributed by atoms with van der Waals surface area (Å²) in [6.45, 7) is 2.12. The van der Waals surface area contributed by atoms with E-state index in [4.69, 9.17) is 0 Å². The van der Waals surface area contributed by atoms with E-state index in [1.54, 1.807) is 0 Å². The second-order valence-corrected chi connectivity index (χ2v) is 5.80. The summed E-state index contributed by atoms with van der Waals surface area (Å²) in [7, 11) is 0. The molecule has 116 valence electrons. The number of rotatable bonds is 4. The second-order valence-electron chi connectivity index (χ2n) is 5.80. The Labute approximate surface area is 121 Å². The molecule has 5 nitrogen and oxygen atoms in total. The summed E-state index contributed by atoms with van der Waals surface area (Å²) < 4.78 is 27.4. The molecule has 0 unspecified atom stereocenters. The van der Waals surface area contributed by atoms with E-state index < -0.39 is 33.5 Å². The number of hydrogen-bond donors (Lipinski definition) is 2. The number of nitro benzene ring substituents is 1. The molecule has 7 heteroatoms. The summed E-state index contributed by atoms with van der Waals surface area (Å²) in [5, 5.41) is 23.4. The number of hydrogen-bond acceptors (Lipinski definition) is 4. The molecule has 21 heavy (non-hydrogen) atoms. The van der Waals surface area contributed by atoms with E-state index in [9.17, 15) is 24.0 Å². The van der Waals surface area contributed by atoms with Crippen LogP contribution in [-0.2, 0) is 0 Å². The average molecular weight is 300 g/mol. The van der Waals surface area contributed by atoms with Crippen LogP contribution >= 0.6 is 0 Å². The zero-order chi connectivity index (χ0) is 15.6. The van der Waals surface area contributed by atoms with Gasteiger partial charge in [-0.25, -0.2) is 8.78 Å². The molecule has 1 aromatic rings. The molecule has 2 rings (SSSR count). The van der Waals surface area contributed by atoms with Crippen LogP contribution in [0.1, 0.15) is 32.6 Å². The highest BCUT2D eigenvalue weighted by Gasteiger charge is 2.32. The fraction of sp³-hybridized carbons (Fsp3) is 0.571. The van der Waals surface area contributed by atoms with Crippen LogP contribution in [0.15, 0.2) is 12.1 Å². The number of benzene rings is 1. The fourth-order valence-corrected chi connectivity index (χ4v) is 2.56. The van der Waals surface area contributed by atoms with Gasteiger partial charge in [-0.1, -0.05) is 6.92 Å². The Balaban J connectivity index is 2.08. The molecule has 1 aliphatic carbocycles. The van der Waals surface area contributed by atoms with Crippen molar-refractivity contribution in [2.45, 2.75) is 38.2 Å². The fourth-order valence-electron chi connectivity index (χ4n) is 2.56. The minimum absolute atomic E-state index is 0.0192. The van der Waals surface area contributed by atoms with Crippen LogP contribution in [0, 0.1) is 27.7 Å². The number of aliphatic hydroxyl groups is 1. The van der Waals surface area contributed by atoms with Gasteiger partial charge in [-0.3, -0.25) is 10.1 Å². The first-order valence-corrected chi connectivity index (χ1v) is 6.90. The minimum atomic E-state index is -1.03. The van der Waals surface area contributed by atoms with Crippen molar-refractivity contribution in [2.24, 2.45) is 5.92 Å². The Hall–Kier alpha value is -1.76. The normalized spacial score (nSPS) is 25.6. The molecule has 0 amide bonds. The molecule has 1 aliphatic rings. The highest BCUT2D eigenvalue weighted by molar-refractivity contribution is 5.51. The van der Waals surface area contributed by atoms with E-state index in [2.05, 4.69) is 12.2 Å². The molecule has 0 bridgehead atoms. The molecule has 0 heterocycles. The lowest BCUT2D eigenvalue weighted by Gasteiger charge is -2.35. The molecule has 1 saturated carbocycles. The van der Waals surface area contributed by atoms with Gasteiger partial charge in [-0.2, -0.15) is 0 Å². The third-order valence-corrected chi connectivity index (χ3v) is 4.04. The van der Waals surface area contributed by atoms with Crippen molar-refractivity contribution in [2.75, 3.05) is 11.9 Å². The Kier molecular flexibility index (Phi) is 4.41. The van der Waals surface area contributed by atoms with Gasteiger partial charge in [0.2, 0.25) is 0 Å². The first kappa shape index (κ1) is 15.6. The van der Waals surface area contributed by atoms with E-state index in [1.165, 1.54) is 0 Å². The summed E-state index contributed by atoms with van der Waals surface area (Å²) in [5.74, 6) is -1.53.